The summed E-state index contributed by atoms with van der Waals surface area (Å²) in [7, 11) is 0. The maximum Gasteiger partial charge on any atom is 0.249 e. The van der Waals surface area contributed by atoms with Gasteiger partial charge in [-0.3, -0.25) is 4.79 Å². The van der Waals surface area contributed by atoms with E-state index in [1.165, 1.54) is 0 Å². The van der Waals surface area contributed by atoms with Crippen LogP contribution in [0.4, 0.5) is 0 Å². The van der Waals surface area contributed by atoms with Crippen LogP contribution >= 0.6 is 11.3 Å². The zero-order chi connectivity index (χ0) is 13.9. The summed E-state index contributed by atoms with van der Waals surface area (Å²) in [5, 5.41) is 5.84. The SMILES string of the molecule is Cc1noc(C2CCCCN2C(=O)Cc2cccs2)n1. The average Bonchev–Trinajstić information content (AvgIpc) is 3.10. The number of hydrogen-bond acceptors (Lipinski definition) is 5. The minimum atomic E-state index is -0.0580. The van der Waals surface area contributed by atoms with Crippen LogP contribution in [0, 0.1) is 6.92 Å². The number of rotatable bonds is 3. The molecule has 1 amide bonds. The number of amides is 1. The molecule has 1 aliphatic heterocycles. The highest BCUT2D eigenvalue weighted by Crippen LogP contribution is 2.30. The molecule has 1 aliphatic rings. The lowest BCUT2D eigenvalue weighted by molar-refractivity contribution is -0.134. The molecular weight excluding hydrogens is 274 g/mol. The van der Waals surface area contributed by atoms with Crippen molar-refractivity contribution in [3.63, 3.8) is 0 Å². The van der Waals surface area contributed by atoms with Gasteiger partial charge in [-0.25, -0.2) is 0 Å². The minimum absolute atomic E-state index is 0.0580. The molecule has 20 heavy (non-hydrogen) atoms. The zero-order valence-corrected chi connectivity index (χ0v) is 12.2. The lowest BCUT2D eigenvalue weighted by Gasteiger charge is -2.33. The molecule has 0 radical (unpaired) electrons. The van der Waals surface area contributed by atoms with E-state index in [0.29, 0.717) is 18.1 Å². The van der Waals surface area contributed by atoms with E-state index in [1.54, 1.807) is 18.3 Å². The number of thiophene rings is 1. The van der Waals surface area contributed by atoms with E-state index in [1.807, 2.05) is 22.4 Å². The van der Waals surface area contributed by atoms with Crippen LogP contribution in [0.15, 0.2) is 22.0 Å². The predicted octanol–water partition coefficient (Wildman–Crippen LogP) is 2.74. The molecule has 2 aromatic heterocycles. The van der Waals surface area contributed by atoms with E-state index in [0.717, 1.165) is 30.7 Å². The first-order chi connectivity index (χ1) is 9.74. The van der Waals surface area contributed by atoms with Gasteiger partial charge in [-0.2, -0.15) is 4.98 Å². The lowest BCUT2D eigenvalue weighted by atomic mass is 10.0. The largest absolute Gasteiger partial charge is 0.337 e. The fraction of sp³-hybridized carbons (Fsp3) is 0.500. The number of nitrogens with zero attached hydrogens (tertiary/aromatic N) is 3. The molecule has 0 bridgehead atoms. The number of aryl methyl sites for hydroxylation is 1. The van der Waals surface area contributed by atoms with Crippen molar-refractivity contribution < 1.29 is 9.32 Å². The molecule has 1 unspecified atom stereocenters. The Balaban J connectivity index is 1.76. The summed E-state index contributed by atoms with van der Waals surface area (Å²) in [5.41, 5.74) is 0. The normalized spacial score (nSPS) is 19.2. The summed E-state index contributed by atoms with van der Waals surface area (Å²) in [6.07, 6.45) is 3.49. The summed E-state index contributed by atoms with van der Waals surface area (Å²) in [6.45, 7) is 2.57. The number of hydrogen-bond donors (Lipinski definition) is 0. The third kappa shape index (κ3) is 2.75. The van der Waals surface area contributed by atoms with Crippen molar-refractivity contribution in [3.8, 4) is 0 Å². The minimum Gasteiger partial charge on any atom is -0.337 e. The molecule has 2 aromatic rings. The molecule has 1 saturated heterocycles. The van der Waals surface area contributed by atoms with Crippen LogP contribution in [0.3, 0.4) is 0 Å². The Morgan fingerprint density at radius 3 is 3.15 bits per heavy atom. The Morgan fingerprint density at radius 1 is 1.55 bits per heavy atom. The molecule has 0 aromatic carbocycles. The molecule has 0 N–H and O–H groups in total. The third-order valence-corrected chi connectivity index (χ3v) is 4.43. The maximum absolute atomic E-state index is 12.5. The summed E-state index contributed by atoms with van der Waals surface area (Å²) >= 11 is 1.62. The van der Waals surface area contributed by atoms with Gasteiger partial charge in [-0.05, 0) is 37.6 Å². The predicted molar refractivity (Wildman–Crippen MR) is 75.4 cm³/mol. The lowest BCUT2D eigenvalue weighted by Crippen LogP contribution is -2.39. The maximum atomic E-state index is 12.5. The van der Waals surface area contributed by atoms with Crippen LogP contribution in [0.1, 0.15) is 41.9 Å². The summed E-state index contributed by atoms with van der Waals surface area (Å²) < 4.78 is 5.27. The van der Waals surface area contributed by atoms with E-state index >= 15 is 0 Å². The van der Waals surface area contributed by atoms with Crippen molar-refractivity contribution in [3.05, 3.63) is 34.1 Å². The molecule has 1 fully saturated rings. The Morgan fingerprint density at radius 2 is 2.45 bits per heavy atom. The van der Waals surface area contributed by atoms with Gasteiger partial charge < -0.3 is 9.42 Å². The topological polar surface area (TPSA) is 59.2 Å². The van der Waals surface area contributed by atoms with Crippen molar-refractivity contribution in [2.24, 2.45) is 0 Å². The monoisotopic (exact) mass is 291 g/mol. The summed E-state index contributed by atoms with van der Waals surface area (Å²) in [4.78, 5) is 19.8. The Bertz CT molecular complexity index is 579. The standard InChI is InChI=1S/C14H17N3O2S/c1-10-15-14(19-16-10)12-6-2-3-7-17(12)13(18)9-11-5-4-8-20-11/h4-5,8,12H,2-3,6-7,9H2,1H3. The van der Waals surface area contributed by atoms with Crippen molar-refractivity contribution >= 4 is 17.2 Å². The van der Waals surface area contributed by atoms with Gasteiger partial charge >= 0.3 is 0 Å². The van der Waals surface area contributed by atoms with Crippen LogP contribution in [-0.4, -0.2) is 27.5 Å². The van der Waals surface area contributed by atoms with Crippen molar-refractivity contribution in [1.82, 2.24) is 15.0 Å². The van der Waals surface area contributed by atoms with Crippen LogP contribution in [0.5, 0.6) is 0 Å². The Kier molecular flexibility index (Phi) is 3.82. The molecule has 0 aliphatic carbocycles. The Hall–Kier alpha value is -1.69. The zero-order valence-electron chi connectivity index (χ0n) is 11.4. The highest BCUT2D eigenvalue weighted by Gasteiger charge is 2.31. The fourth-order valence-corrected chi connectivity index (χ4v) is 3.29. The van der Waals surface area contributed by atoms with Crippen molar-refractivity contribution in [2.75, 3.05) is 6.54 Å². The summed E-state index contributed by atoms with van der Waals surface area (Å²) in [6, 6.07) is 3.91. The molecule has 3 heterocycles. The van der Waals surface area contributed by atoms with Gasteiger partial charge in [0, 0.05) is 11.4 Å². The van der Waals surface area contributed by atoms with Gasteiger partial charge in [0.25, 0.3) is 0 Å². The van der Waals surface area contributed by atoms with Gasteiger partial charge in [-0.15, -0.1) is 11.3 Å². The molecule has 0 spiro atoms. The van der Waals surface area contributed by atoms with Crippen molar-refractivity contribution in [1.29, 1.82) is 0 Å². The number of carbonyl (C=O) groups excluding carboxylic acids is 1. The first-order valence-electron chi connectivity index (χ1n) is 6.86. The van der Waals surface area contributed by atoms with Crippen LogP contribution in [0.2, 0.25) is 0 Å². The van der Waals surface area contributed by atoms with Crippen LogP contribution < -0.4 is 0 Å². The Labute approximate surface area is 121 Å². The van der Waals surface area contributed by atoms with E-state index in [-0.39, 0.29) is 11.9 Å². The quantitative estimate of drug-likeness (QED) is 0.872. The van der Waals surface area contributed by atoms with E-state index in [4.69, 9.17) is 4.52 Å². The molecule has 3 rings (SSSR count). The highest BCUT2D eigenvalue weighted by atomic mass is 32.1. The second-order valence-electron chi connectivity index (χ2n) is 5.03. The number of piperidine rings is 1. The first-order valence-corrected chi connectivity index (χ1v) is 7.74. The molecular formula is C14H17N3O2S. The van der Waals surface area contributed by atoms with Crippen LogP contribution in [0.25, 0.3) is 0 Å². The smallest absolute Gasteiger partial charge is 0.249 e. The third-order valence-electron chi connectivity index (χ3n) is 3.56. The second kappa shape index (κ2) is 5.75. The van der Waals surface area contributed by atoms with Gasteiger partial charge in [-0.1, -0.05) is 11.2 Å². The highest BCUT2D eigenvalue weighted by molar-refractivity contribution is 7.10. The van der Waals surface area contributed by atoms with E-state index in [2.05, 4.69) is 10.1 Å². The van der Waals surface area contributed by atoms with E-state index in [9.17, 15) is 4.79 Å². The molecule has 5 nitrogen and oxygen atoms in total. The van der Waals surface area contributed by atoms with E-state index < -0.39 is 0 Å². The summed E-state index contributed by atoms with van der Waals surface area (Å²) in [5.74, 6) is 1.34. The fourth-order valence-electron chi connectivity index (χ4n) is 2.60. The van der Waals surface area contributed by atoms with Crippen LogP contribution in [-0.2, 0) is 11.2 Å². The van der Waals surface area contributed by atoms with Gasteiger partial charge in [0.05, 0.1) is 6.42 Å². The first kappa shape index (κ1) is 13.3. The second-order valence-corrected chi connectivity index (χ2v) is 6.07. The van der Waals surface area contributed by atoms with Gasteiger partial charge in [0.15, 0.2) is 5.82 Å². The molecule has 1 atom stereocenters. The van der Waals surface area contributed by atoms with Gasteiger partial charge in [0.2, 0.25) is 11.8 Å². The number of aromatic nitrogens is 2. The molecule has 106 valence electrons. The molecule has 0 saturated carbocycles. The van der Waals surface area contributed by atoms with Crippen molar-refractivity contribution in [2.45, 2.75) is 38.6 Å². The molecule has 6 heteroatoms. The average molecular weight is 291 g/mol. The number of carbonyl (C=O) groups is 1. The number of likely N-dealkylation sites (tertiary alicyclic amines) is 1. The van der Waals surface area contributed by atoms with Gasteiger partial charge in [0.1, 0.15) is 6.04 Å².